The van der Waals surface area contributed by atoms with Crippen LogP contribution in [0.5, 0.6) is 0 Å². The Balaban J connectivity index is 1.36. The van der Waals surface area contributed by atoms with Crippen LogP contribution in [-0.2, 0) is 17.6 Å². The number of amides is 1. The highest BCUT2D eigenvalue weighted by atomic mass is 35.5. The van der Waals surface area contributed by atoms with Crippen molar-refractivity contribution in [3.8, 4) is 10.4 Å². The van der Waals surface area contributed by atoms with E-state index in [1.165, 1.54) is 0 Å². The van der Waals surface area contributed by atoms with Crippen LogP contribution in [0.2, 0.25) is 5.02 Å². The molecule has 0 saturated heterocycles. The summed E-state index contributed by atoms with van der Waals surface area (Å²) in [6.45, 7) is 0.637. The average molecular weight is 399 g/mol. The summed E-state index contributed by atoms with van der Waals surface area (Å²) in [5, 5.41) is 7.74. The van der Waals surface area contributed by atoms with Gasteiger partial charge in [-0.05, 0) is 47.4 Å². The Morgan fingerprint density at radius 3 is 2.89 bits per heavy atom. The molecule has 1 aromatic heterocycles. The van der Waals surface area contributed by atoms with Gasteiger partial charge in [-0.3, -0.25) is 4.79 Å². The fourth-order valence-electron chi connectivity index (χ4n) is 3.09. The van der Waals surface area contributed by atoms with Gasteiger partial charge in [0.2, 0.25) is 5.91 Å². The number of fused-ring (bicyclic) bond motifs is 1. The molecule has 4 rings (SSSR count). The minimum Gasteiger partial charge on any atom is -0.360 e. The Bertz CT molecular complexity index is 970. The van der Waals surface area contributed by atoms with Crippen molar-refractivity contribution in [2.75, 3.05) is 17.2 Å². The van der Waals surface area contributed by atoms with Gasteiger partial charge in [-0.2, -0.15) is 0 Å². The SMILES string of the molecule is N[C@@H](CNc1ncc(-c2ccc3c(c2)CC(=O)N3)s1)Cc1ccc(Cl)cc1. The number of benzene rings is 2. The summed E-state index contributed by atoms with van der Waals surface area (Å²) < 4.78 is 0. The first-order valence-electron chi connectivity index (χ1n) is 8.70. The first-order valence-corrected chi connectivity index (χ1v) is 9.89. The number of rotatable bonds is 6. The van der Waals surface area contributed by atoms with Crippen molar-refractivity contribution < 1.29 is 4.79 Å². The molecule has 1 atom stereocenters. The van der Waals surface area contributed by atoms with Crippen molar-refractivity contribution in [2.24, 2.45) is 5.73 Å². The number of hydrogen-bond acceptors (Lipinski definition) is 5. The van der Waals surface area contributed by atoms with Crippen LogP contribution in [0.4, 0.5) is 10.8 Å². The van der Waals surface area contributed by atoms with Gasteiger partial charge < -0.3 is 16.4 Å². The van der Waals surface area contributed by atoms with E-state index in [1.807, 2.05) is 42.6 Å². The predicted octanol–water partition coefficient (Wildman–Crippen LogP) is 3.94. The van der Waals surface area contributed by atoms with E-state index in [9.17, 15) is 4.79 Å². The summed E-state index contributed by atoms with van der Waals surface area (Å²) in [6, 6.07) is 13.7. The molecule has 0 bridgehead atoms. The number of carbonyl (C=O) groups is 1. The normalized spacial score (nSPS) is 13.9. The zero-order valence-electron chi connectivity index (χ0n) is 14.5. The lowest BCUT2D eigenvalue weighted by Gasteiger charge is -2.12. The Labute approximate surface area is 166 Å². The fourth-order valence-corrected chi connectivity index (χ4v) is 4.03. The number of nitrogens with zero attached hydrogens (tertiary/aromatic N) is 1. The summed E-state index contributed by atoms with van der Waals surface area (Å²) in [7, 11) is 0. The molecule has 0 unspecified atom stereocenters. The predicted molar refractivity (Wildman–Crippen MR) is 112 cm³/mol. The lowest BCUT2D eigenvalue weighted by Crippen LogP contribution is -2.31. The number of halogens is 1. The van der Waals surface area contributed by atoms with Gasteiger partial charge in [-0.1, -0.05) is 41.1 Å². The third-order valence-electron chi connectivity index (χ3n) is 4.45. The standard InChI is InChI=1S/C20H19ClN4OS/c21-15-4-1-12(2-5-15)7-16(22)10-23-20-24-11-18(27-20)13-3-6-17-14(8-13)9-19(26)25-17/h1-6,8,11,16H,7,9-10,22H2,(H,23,24)(H,25,26)/t16-/m1/s1. The Kier molecular flexibility index (Phi) is 5.11. The molecular formula is C20H19ClN4OS. The molecule has 1 amide bonds. The van der Waals surface area contributed by atoms with Crippen LogP contribution >= 0.6 is 22.9 Å². The number of anilines is 2. The molecule has 1 aliphatic heterocycles. The minimum absolute atomic E-state index is 0.0180. The quantitative estimate of drug-likeness (QED) is 0.587. The second-order valence-electron chi connectivity index (χ2n) is 6.60. The van der Waals surface area contributed by atoms with Gasteiger partial charge in [0.1, 0.15) is 0 Å². The molecule has 0 fully saturated rings. The summed E-state index contributed by atoms with van der Waals surface area (Å²) in [4.78, 5) is 17.0. The first kappa shape index (κ1) is 18.0. The van der Waals surface area contributed by atoms with E-state index in [0.29, 0.717) is 13.0 Å². The average Bonchev–Trinajstić information content (AvgIpc) is 3.26. The molecule has 2 aromatic carbocycles. The van der Waals surface area contributed by atoms with Gasteiger partial charge in [0, 0.05) is 29.5 Å². The maximum Gasteiger partial charge on any atom is 0.228 e. The molecule has 0 saturated carbocycles. The summed E-state index contributed by atoms with van der Waals surface area (Å²) >= 11 is 7.49. The summed E-state index contributed by atoms with van der Waals surface area (Å²) in [5.41, 5.74) is 10.4. The Morgan fingerprint density at radius 1 is 1.26 bits per heavy atom. The third-order valence-corrected chi connectivity index (χ3v) is 5.70. The summed E-state index contributed by atoms with van der Waals surface area (Å²) in [5.74, 6) is 0.0449. The Morgan fingerprint density at radius 2 is 2.07 bits per heavy atom. The molecule has 0 aliphatic carbocycles. The van der Waals surface area contributed by atoms with Gasteiger partial charge in [-0.25, -0.2) is 4.98 Å². The zero-order chi connectivity index (χ0) is 18.8. The van der Waals surface area contributed by atoms with Crippen LogP contribution in [0, 0.1) is 0 Å². The molecule has 0 spiro atoms. The van der Waals surface area contributed by atoms with Crippen molar-refractivity contribution in [1.29, 1.82) is 0 Å². The second-order valence-corrected chi connectivity index (χ2v) is 8.07. The van der Waals surface area contributed by atoms with Crippen LogP contribution < -0.4 is 16.4 Å². The molecule has 4 N–H and O–H groups in total. The van der Waals surface area contributed by atoms with E-state index in [2.05, 4.69) is 21.7 Å². The van der Waals surface area contributed by atoms with Crippen LogP contribution in [-0.4, -0.2) is 23.5 Å². The molecule has 5 nitrogen and oxygen atoms in total. The zero-order valence-corrected chi connectivity index (χ0v) is 16.1. The van der Waals surface area contributed by atoms with Crippen molar-refractivity contribution >= 4 is 39.7 Å². The highest BCUT2D eigenvalue weighted by molar-refractivity contribution is 7.18. The van der Waals surface area contributed by atoms with Gasteiger partial charge in [0.25, 0.3) is 0 Å². The molecular weight excluding hydrogens is 380 g/mol. The van der Waals surface area contributed by atoms with Gasteiger partial charge in [0.15, 0.2) is 5.13 Å². The lowest BCUT2D eigenvalue weighted by atomic mass is 10.1. The third kappa shape index (κ3) is 4.30. The largest absolute Gasteiger partial charge is 0.360 e. The molecule has 0 radical (unpaired) electrons. The number of nitrogens with two attached hydrogens (primary N) is 1. The van der Waals surface area contributed by atoms with Crippen molar-refractivity contribution in [3.63, 3.8) is 0 Å². The number of thiazole rings is 1. The molecule has 27 heavy (non-hydrogen) atoms. The Hall–Kier alpha value is -2.41. The summed E-state index contributed by atoms with van der Waals surface area (Å²) in [6.07, 6.45) is 3.06. The van der Waals surface area contributed by atoms with E-state index < -0.39 is 0 Å². The van der Waals surface area contributed by atoms with E-state index in [4.69, 9.17) is 17.3 Å². The first-order chi connectivity index (χ1) is 13.1. The smallest absolute Gasteiger partial charge is 0.228 e. The topological polar surface area (TPSA) is 80.0 Å². The molecule has 3 aromatic rings. The van der Waals surface area contributed by atoms with E-state index in [1.54, 1.807) is 11.3 Å². The van der Waals surface area contributed by atoms with Crippen LogP contribution in [0.3, 0.4) is 0 Å². The minimum atomic E-state index is -0.0180. The van der Waals surface area contributed by atoms with Crippen molar-refractivity contribution in [3.05, 3.63) is 64.8 Å². The van der Waals surface area contributed by atoms with Crippen LogP contribution in [0.1, 0.15) is 11.1 Å². The lowest BCUT2D eigenvalue weighted by molar-refractivity contribution is -0.115. The number of carbonyl (C=O) groups excluding carboxylic acids is 1. The van der Waals surface area contributed by atoms with Gasteiger partial charge >= 0.3 is 0 Å². The fraction of sp³-hybridized carbons (Fsp3) is 0.200. The van der Waals surface area contributed by atoms with Crippen LogP contribution in [0.25, 0.3) is 10.4 Å². The van der Waals surface area contributed by atoms with Crippen LogP contribution in [0.15, 0.2) is 48.7 Å². The molecule has 1 aliphatic rings. The molecule has 138 valence electrons. The van der Waals surface area contributed by atoms with E-state index in [0.717, 1.165) is 43.8 Å². The molecule has 2 heterocycles. The molecule has 7 heteroatoms. The van der Waals surface area contributed by atoms with Crippen molar-refractivity contribution in [2.45, 2.75) is 18.9 Å². The van der Waals surface area contributed by atoms with E-state index >= 15 is 0 Å². The van der Waals surface area contributed by atoms with E-state index in [-0.39, 0.29) is 11.9 Å². The maximum atomic E-state index is 11.5. The number of aromatic nitrogens is 1. The highest BCUT2D eigenvalue weighted by Crippen LogP contribution is 2.33. The maximum absolute atomic E-state index is 11.5. The monoisotopic (exact) mass is 398 g/mol. The number of hydrogen-bond donors (Lipinski definition) is 3. The number of nitrogens with one attached hydrogen (secondary N) is 2. The van der Waals surface area contributed by atoms with Gasteiger partial charge in [0.05, 0.1) is 11.3 Å². The van der Waals surface area contributed by atoms with Crippen molar-refractivity contribution in [1.82, 2.24) is 4.98 Å². The highest BCUT2D eigenvalue weighted by Gasteiger charge is 2.18. The second kappa shape index (κ2) is 7.68. The van der Waals surface area contributed by atoms with Gasteiger partial charge in [-0.15, -0.1) is 0 Å².